The molecule has 170 valence electrons. The largest absolute Gasteiger partial charge is 0.481 e. The first-order valence-electron chi connectivity index (χ1n) is 10.9. The first-order valence-corrected chi connectivity index (χ1v) is 10.9. The number of anilines is 3. The minimum atomic E-state index is -0.887. The minimum absolute atomic E-state index is 0.0264. The van der Waals surface area contributed by atoms with Gasteiger partial charge in [-0.15, -0.1) is 0 Å². The van der Waals surface area contributed by atoms with Gasteiger partial charge < -0.3 is 25.4 Å². The average Bonchev–Trinajstić information content (AvgIpc) is 2.83. The number of nitrogens with zero attached hydrogens (tertiary/aromatic N) is 2. The molecular formula is C25H26N4O4. The standard InChI is InChI=1S/C25H26N4O4/c30-24-17-33-22-15-19(28-20(16-25(31)32)18-7-2-1-3-8-18)10-11-21(22)29(24)14-6-13-27-23-9-4-5-12-26-23/h1-5,7-12,15,20,28H,6,13-14,16-17H2,(H,26,27)(H,31,32). The van der Waals surface area contributed by atoms with Crippen LogP contribution in [-0.2, 0) is 9.59 Å². The Hall–Kier alpha value is -4.07. The molecule has 1 atom stereocenters. The highest BCUT2D eigenvalue weighted by atomic mass is 16.5. The van der Waals surface area contributed by atoms with Crippen LogP contribution in [0.1, 0.15) is 24.4 Å². The fourth-order valence-electron chi connectivity index (χ4n) is 3.77. The van der Waals surface area contributed by atoms with Crippen molar-refractivity contribution in [1.82, 2.24) is 4.98 Å². The summed E-state index contributed by atoms with van der Waals surface area (Å²) in [6.45, 7) is 1.21. The summed E-state index contributed by atoms with van der Waals surface area (Å²) in [6.07, 6.45) is 2.42. The van der Waals surface area contributed by atoms with E-state index in [2.05, 4.69) is 15.6 Å². The zero-order valence-electron chi connectivity index (χ0n) is 18.1. The molecule has 0 saturated carbocycles. The molecule has 0 fully saturated rings. The number of aromatic nitrogens is 1. The van der Waals surface area contributed by atoms with Crippen molar-refractivity contribution in [3.63, 3.8) is 0 Å². The highest BCUT2D eigenvalue weighted by molar-refractivity contribution is 5.98. The zero-order valence-corrected chi connectivity index (χ0v) is 18.1. The predicted octanol–water partition coefficient (Wildman–Crippen LogP) is 3.94. The lowest BCUT2D eigenvalue weighted by molar-refractivity contribution is -0.137. The quantitative estimate of drug-likeness (QED) is 0.405. The summed E-state index contributed by atoms with van der Waals surface area (Å²) in [5.74, 6) is 0.423. The summed E-state index contributed by atoms with van der Waals surface area (Å²) >= 11 is 0. The lowest BCUT2D eigenvalue weighted by Gasteiger charge is -2.30. The summed E-state index contributed by atoms with van der Waals surface area (Å²) in [6, 6.07) is 20.2. The molecule has 2 aromatic carbocycles. The number of carboxylic acid groups (broad SMARTS) is 1. The Labute approximate surface area is 192 Å². The van der Waals surface area contributed by atoms with Crippen molar-refractivity contribution in [1.29, 1.82) is 0 Å². The number of amides is 1. The molecule has 0 radical (unpaired) electrons. The van der Waals surface area contributed by atoms with Crippen LogP contribution in [0.25, 0.3) is 0 Å². The number of rotatable bonds is 10. The molecule has 2 heterocycles. The smallest absolute Gasteiger partial charge is 0.305 e. The zero-order chi connectivity index (χ0) is 23.0. The summed E-state index contributed by atoms with van der Waals surface area (Å²) in [5, 5.41) is 15.9. The second kappa shape index (κ2) is 10.5. The fraction of sp³-hybridized carbons (Fsp3) is 0.240. The molecule has 0 saturated heterocycles. The Morgan fingerprint density at radius 1 is 1.12 bits per heavy atom. The molecule has 0 spiro atoms. The van der Waals surface area contributed by atoms with E-state index in [0.29, 0.717) is 24.5 Å². The van der Waals surface area contributed by atoms with Crippen LogP contribution in [0.5, 0.6) is 5.75 Å². The second-order valence-electron chi connectivity index (χ2n) is 7.72. The van der Waals surface area contributed by atoms with Crippen molar-refractivity contribution in [2.45, 2.75) is 18.9 Å². The van der Waals surface area contributed by atoms with Crippen LogP contribution in [-0.4, -0.2) is 41.7 Å². The van der Waals surface area contributed by atoms with Crippen molar-refractivity contribution < 1.29 is 19.4 Å². The van der Waals surface area contributed by atoms with Crippen LogP contribution in [0, 0.1) is 0 Å². The minimum Gasteiger partial charge on any atom is -0.481 e. The molecule has 0 bridgehead atoms. The third-order valence-corrected chi connectivity index (χ3v) is 5.35. The van der Waals surface area contributed by atoms with Crippen LogP contribution in [0.4, 0.5) is 17.2 Å². The Kier molecular flexibility index (Phi) is 7.04. The lowest BCUT2D eigenvalue weighted by Crippen LogP contribution is -2.39. The van der Waals surface area contributed by atoms with Gasteiger partial charge in [-0.3, -0.25) is 9.59 Å². The number of benzene rings is 2. The number of hydrogen-bond donors (Lipinski definition) is 3. The monoisotopic (exact) mass is 446 g/mol. The molecule has 1 aromatic heterocycles. The third-order valence-electron chi connectivity index (χ3n) is 5.35. The first-order chi connectivity index (χ1) is 16.1. The molecule has 4 rings (SSSR count). The van der Waals surface area contributed by atoms with E-state index in [1.54, 1.807) is 11.1 Å². The number of carbonyl (C=O) groups is 2. The van der Waals surface area contributed by atoms with E-state index in [9.17, 15) is 14.7 Å². The molecule has 1 unspecified atom stereocenters. The summed E-state index contributed by atoms with van der Waals surface area (Å²) in [4.78, 5) is 29.8. The number of ether oxygens (including phenoxy) is 1. The Morgan fingerprint density at radius 3 is 2.70 bits per heavy atom. The average molecular weight is 447 g/mol. The maximum absolute atomic E-state index is 12.5. The topological polar surface area (TPSA) is 104 Å². The van der Waals surface area contributed by atoms with Crippen LogP contribution >= 0.6 is 0 Å². The maximum Gasteiger partial charge on any atom is 0.305 e. The summed E-state index contributed by atoms with van der Waals surface area (Å²) in [5.41, 5.74) is 2.33. The number of aliphatic carboxylic acids is 1. The van der Waals surface area contributed by atoms with Crippen LogP contribution in [0.2, 0.25) is 0 Å². The Bertz CT molecular complexity index is 1090. The molecule has 3 N–H and O–H groups in total. The van der Waals surface area contributed by atoms with Crippen molar-refractivity contribution in [2.24, 2.45) is 0 Å². The van der Waals surface area contributed by atoms with Gasteiger partial charge in [0.1, 0.15) is 11.6 Å². The van der Waals surface area contributed by atoms with Gasteiger partial charge in [-0.1, -0.05) is 36.4 Å². The molecule has 8 nitrogen and oxygen atoms in total. The van der Waals surface area contributed by atoms with E-state index in [1.165, 1.54) is 0 Å². The van der Waals surface area contributed by atoms with E-state index < -0.39 is 5.97 Å². The number of fused-ring (bicyclic) bond motifs is 1. The highest BCUT2D eigenvalue weighted by Gasteiger charge is 2.26. The van der Waals surface area contributed by atoms with Crippen molar-refractivity contribution >= 4 is 29.1 Å². The second-order valence-corrected chi connectivity index (χ2v) is 7.72. The fourth-order valence-corrected chi connectivity index (χ4v) is 3.77. The summed E-state index contributed by atoms with van der Waals surface area (Å²) < 4.78 is 5.68. The number of hydrogen-bond acceptors (Lipinski definition) is 6. The molecule has 3 aromatic rings. The first kappa shape index (κ1) is 22.1. The van der Waals surface area contributed by atoms with E-state index in [4.69, 9.17) is 4.74 Å². The van der Waals surface area contributed by atoms with Crippen molar-refractivity contribution in [3.05, 3.63) is 78.5 Å². The molecule has 1 aliphatic heterocycles. The van der Waals surface area contributed by atoms with Crippen LogP contribution in [0.15, 0.2) is 72.9 Å². The molecule has 1 amide bonds. The molecule has 8 heteroatoms. The number of pyridine rings is 1. The van der Waals surface area contributed by atoms with Gasteiger partial charge in [0.15, 0.2) is 6.61 Å². The van der Waals surface area contributed by atoms with E-state index in [0.717, 1.165) is 23.5 Å². The van der Waals surface area contributed by atoms with Gasteiger partial charge >= 0.3 is 5.97 Å². The van der Waals surface area contributed by atoms with Gasteiger partial charge in [0, 0.05) is 31.0 Å². The number of carboxylic acids is 1. The van der Waals surface area contributed by atoms with Crippen LogP contribution in [0.3, 0.4) is 0 Å². The predicted molar refractivity (Wildman–Crippen MR) is 127 cm³/mol. The normalized spacial score (nSPS) is 13.6. The Balaban J connectivity index is 1.43. The van der Waals surface area contributed by atoms with Gasteiger partial charge in [0.2, 0.25) is 0 Å². The highest BCUT2D eigenvalue weighted by Crippen LogP contribution is 2.36. The number of nitrogens with one attached hydrogen (secondary N) is 2. The maximum atomic E-state index is 12.5. The molecular weight excluding hydrogens is 420 g/mol. The van der Waals surface area contributed by atoms with Gasteiger partial charge in [0.05, 0.1) is 18.2 Å². The molecule has 1 aliphatic rings. The van der Waals surface area contributed by atoms with Gasteiger partial charge in [0.25, 0.3) is 5.91 Å². The SMILES string of the molecule is O=C(O)CC(Nc1ccc2c(c1)OCC(=O)N2CCCNc1ccccn1)c1ccccc1. The molecule has 0 aliphatic carbocycles. The van der Waals surface area contributed by atoms with E-state index in [-0.39, 0.29) is 25.0 Å². The summed E-state index contributed by atoms with van der Waals surface area (Å²) in [7, 11) is 0. The van der Waals surface area contributed by atoms with E-state index >= 15 is 0 Å². The van der Waals surface area contributed by atoms with E-state index in [1.807, 2.05) is 66.7 Å². The van der Waals surface area contributed by atoms with Gasteiger partial charge in [-0.2, -0.15) is 0 Å². The van der Waals surface area contributed by atoms with Crippen LogP contribution < -0.4 is 20.3 Å². The van der Waals surface area contributed by atoms with Crippen molar-refractivity contribution in [3.8, 4) is 5.75 Å². The van der Waals surface area contributed by atoms with Gasteiger partial charge in [-0.05, 0) is 36.2 Å². The van der Waals surface area contributed by atoms with Gasteiger partial charge in [-0.25, -0.2) is 4.98 Å². The Morgan fingerprint density at radius 2 is 1.94 bits per heavy atom. The number of carbonyl (C=O) groups excluding carboxylic acids is 1. The molecule has 33 heavy (non-hydrogen) atoms. The lowest BCUT2D eigenvalue weighted by atomic mass is 10.0. The van der Waals surface area contributed by atoms with Crippen molar-refractivity contribution in [2.75, 3.05) is 35.2 Å². The third kappa shape index (κ3) is 5.79.